The van der Waals surface area contributed by atoms with Gasteiger partial charge in [-0.2, -0.15) is 0 Å². The molecule has 0 aromatic heterocycles. The first-order valence-electron chi connectivity index (χ1n) is 9.48. The van der Waals surface area contributed by atoms with Crippen molar-refractivity contribution in [2.75, 3.05) is 13.2 Å². The summed E-state index contributed by atoms with van der Waals surface area (Å²) in [6, 6.07) is 14.7. The Bertz CT molecular complexity index is 876. The van der Waals surface area contributed by atoms with Crippen LogP contribution in [0.2, 0.25) is 0 Å². The number of rotatable bonds is 6. The standard InChI is InChI=1S/C22H22BrNO4/c1-14(25)15-7-9-18(10-8-15)28-21-20(16-4-2-5-17(23)12-16)24(22(21)26)13-19-6-3-11-27-19/h2,4-5,7-10,12,19-21H,3,6,11,13H2,1H3/t19-,20-,21+/m1/s1. The van der Waals surface area contributed by atoms with E-state index in [0.717, 1.165) is 29.5 Å². The van der Waals surface area contributed by atoms with Gasteiger partial charge in [0.25, 0.3) is 5.91 Å². The smallest absolute Gasteiger partial charge is 0.266 e. The van der Waals surface area contributed by atoms with Crippen LogP contribution in [0.25, 0.3) is 0 Å². The number of ether oxygens (including phenoxy) is 2. The predicted molar refractivity (Wildman–Crippen MR) is 108 cm³/mol. The Morgan fingerprint density at radius 1 is 1.25 bits per heavy atom. The third kappa shape index (κ3) is 3.84. The number of β-lactam (4-membered cyclic amide) rings is 1. The number of carbonyl (C=O) groups is 2. The molecule has 28 heavy (non-hydrogen) atoms. The van der Waals surface area contributed by atoms with Gasteiger partial charge in [0.05, 0.1) is 6.10 Å². The fourth-order valence-electron chi connectivity index (χ4n) is 3.80. The van der Waals surface area contributed by atoms with Gasteiger partial charge in [0.2, 0.25) is 6.10 Å². The second-order valence-electron chi connectivity index (χ2n) is 7.24. The predicted octanol–water partition coefficient (Wildman–Crippen LogP) is 4.16. The Balaban J connectivity index is 1.55. The zero-order valence-corrected chi connectivity index (χ0v) is 17.2. The van der Waals surface area contributed by atoms with Crippen LogP contribution >= 0.6 is 15.9 Å². The summed E-state index contributed by atoms with van der Waals surface area (Å²) in [6.45, 7) is 2.87. The van der Waals surface area contributed by atoms with Crippen LogP contribution in [0.3, 0.4) is 0 Å². The quantitative estimate of drug-likeness (QED) is 0.496. The minimum absolute atomic E-state index is 0.000946. The lowest BCUT2D eigenvalue weighted by Gasteiger charge is -2.47. The first-order valence-corrected chi connectivity index (χ1v) is 10.3. The van der Waals surface area contributed by atoms with Crippen LogP contribution in [0.5, 0.6) is 5.75 Å². The van der Waals surface area contributed by atoms with E-state index >= 15 is 0 Å². The molecule has 146 valence electrons. The van der Waals surface area contributed by atoms with Gasteiger partial charge in [-0.25, -0.2) is 0 Å². The Labute approximate surface area is 172 Å². The van der Waals surface area contributed by atoms with Crippen LogP contribution in [-0.2, 0) is 9.53 Å². The first kappa shape index (κ1) is 19.2. The first-order chi connectivity index (χ1) is 13.5. The molecule has 0 saturated carbocycles. The second kappa shape index (κ2) is 8.05. The summed E-state index contributed by atoms with van der Waals surface area (Å²) in [5, 5.41) is 0. The third-order valence-electron chi connectivity index (χ3n) is 5.29. The lowest BCUT2D eigenvalue weighted by atomic mass is 9.90. The molecule has 2 aliphatic heterocycles. The highest BCUT2D eigenvalue weighted by Gasteiger charge is 2.51. The zero-order valence-electron chi connectivity index (χ0n) is 15.6. The minimum Gasteiger partial charge on any atom is -0.478 e. The van der Waals surface area contributed by atoms with E-state index in [1.165, 1.54) is 6.92 Å². The highest BCUT2D eigenvalue weighted by molar-refractivity contribution is 9.10. The maximum Gasteiger partial charge on any atom is 0.266 e. The zero-order chi connectivity index (χ0) is 19.7. The van der Waals surface area contributed by atoms with E-state index in [9.17, 15) is 9.59 Å². The van der Waals surface area contributed by atoms with E-state index < -0.39 is 6.10 Å². The largest absolute Gasteiger partial charge is 0.478 e. The number of benzene rings is 2. The average Bonchev–Trinajstić information content (AvgIpc) is 3.20. The molecule has 0 spiro atoms. The summed E-state index contributed by atoms with van der Waals surface area (Å²) in [6.07, 6.45) is 1.53. The summed E-state index contributed by atoms with van der Waals surface area (Å²) in [4.78, 5) is 26.2. The summed E-state index contributed by atoms with van der Waals surface area (Å²) >= 11 is 3.51. The van der Waals surface area contributed by atoms with Crippen LogP contribution in [0.4, 0.5) is 0 Å². The van der Waals surface area contributed by atoms with Gasteiger partial charge in [0, 0.05) is 23.2 Å². The molecule has 2 aliphatic rings. The van der Waals surface area contributed by atoms with Gasteiger partial charge in [0.15, 0.2) is 5.78 Å². The molecule has 2 heterocycles. The van der Waals surface area contributed by atoms with E-state index in [4.69, 9.17) is 9.47 Å². The molecule has 3 atom stereocenters. The molecule has 2 saturated heterocycles. The molecule has 2 aromatic carbocycles. The summed E-state index contributed by atoms with van der Waals surface area (Å²) < 4.78 is 12.7. The van der Waals surface area contributed by atoms with Crippen molar-refractivity contribution in [2.24, 2.45) is 0 Å². The fourth-order valence-corrected chi connectivity index (χ4v) is 4.22. The number of carbonyl (C=O) groups excluding carboxylic acids is 2. The molecular formula is C22H22BrNO4. The molecule has 6 heteroatoms. The van der Waals surface area contributed by atoms with Crippen molar-refractivity contribution in [3.05, 3.63) is 64.1 Å². The lowest BCUT2D eigenvalue weighted by Crippen LogP contribution is -2.62. The van der Waals surface area contributed by atoms with Gasteiger partial charge >= 0.3 is 0 Å². The number of likely N-dealkylation sites (tertiary alicyclic amines) is 1. The summed E-state index contributed by atoms with van der Waals surface area (Å²) in [5.74, 6) is 0.553. The van der Waals surface area contributed by atoms with Crippen LogP contribution in [0, 0.1) is 0 Å². The fraction of sp³-hybridized carbons (Fsp3) is 0.364. The van der Waals surface area contributed by atoms with Gasteiger partial charge in [-0.3, -0.25) is 9.59 Å². The number of nitrogens with zero attached hydrogens (tertiary/aromatic N) is 1. The molecule has 4 rings (SSSR count). The average molecular weight is 444 g/mol. The Morgan fingerprint density at radius 2 is 2.04 bits per heavy atom. The SMILES string of the molecule is CC(=O)c1ccc(O[C@@H]2C(=O)N(C[C@H]3CCCO3)[C@@H]2c2cccc(Br)c2)cc1. The maximum absolute atomic E-state index is 12.9. The van der Waals surface area contributed by atoms with Gasteiger partial charge in [-0.15, -0.1) is 0 Å². The van der Waals surface area contributed by atoms with Crippen molar-refractivity contribution in [3.63, 3.8) is 0 Å². The molecule has 0 aliphatic carbocycles. The van der Waals surface area contributed by atoms with Crippen molar-refractivity contribution >= 4 is 27.6 Å². The number of hydrogen-bond acceptors (Lipinski definition) is 4. The highest BCUT2D eigenvalue weighted by Crippen LogP contribution is 2.39. The molecule has 0 radical (unpaired) electrons. The van der Waals surface area contributed by atoms with Crippen molar-refractivity contribution in [3.8, 4) is 5.75 Å². The van der Waals surface area contributed by atoms with Crippen LogP contribution in [0.1, 0.15) is 41.7 Å². The number of halogens is 1. The number of hydrogen-bond donors (Lipinski definition) is 0. The van der Waals surface area contributed by atoms with Crippen molar-refractivity contribution < 1.29 is 19.1 Å². The summed E-state index contributed by atoms with van der Waals surface area (Å²) in [7, 11) is 0. The van der Waals surface area contributed by atoms with Gasteiger partial charge in [-0.05, 0) is 61.7 Å². The molecule has 2 aromatic rings. The Morgan fingerprint density at radius 3 is 2.68 bits per heavy atom. The van der Waals surface area contributed by atoms with E-state index in [1.807, 2.05) is 29.2 Å². The van der Waals surface area contributed by atoms with E-state index in [2.05, 4.69) is 15.9 Å². The van der Waals surface area contributed by atoms with Crippen LogP contribution in [0.15, 0.2) is 53.0 Å². The molecule has 1 amide bonds. The molecule has 0 unspecified atom stereocenters. The third-order valence-corrected chi connectivity index (χ3v) is 5.78. The molecule has 2 fully saturated rings. The van der Waals surface area contributed by atoms with Gasteiger partial charge in [-0.1, -0.05) is 28.1 Å². The maximum atomic E-state index is 12.9. The molecule has 0 bridgehead atoms. The second-order valence-corrected chi connectivity index (χ2v) is 8.16. The van der Waals surface area contributed by atoms with E-state index in [-0.39, 0.29) is 23.8 Å². The summed E-state index contributed by atoms with van der Waals surface area (Å²) in [5.41, 5.74) is 1.65. The Kier molecular flexibility index (Phi) is 5.51. The van der Waals surface area contributed by atoms with Crippen molar-refractivity contribution in [2.45, 2.75) is 38.0 Å². The van der Waals surface area contributed by atoms with Crippen LogP contribution < -0.4 is 4.74 Å². The monoisotopic (exact) mass is 443 g/mol. The minimum atomic E-state index is -0.584. The number of ketones is 1. The molecular weight excluding hydrogens is 422 g/mol. The van der Waals surface area contributed by atoms with Crippen LogP contribution in [-0.4, -0.2) is 41.9 Å². The number of Topliss-reactive ketones (excluding diaryl/α,β-unsaturated/α-hetero) is 1. The van der Waals surface area contributed by atoms with Gasteiger partial charge in [0.1, 0.15) is 11.8 Å². The highest BCUT2D eigenvalue weighted by atomic mass is 79.9. The Hall–Kier alpha value is -2.18. The van der Waals surface area contributed by atoms with E-state index in [1.54, 1.807) is 24.3 Å². The number of amides is 1. The molecule has 5 nitrogen and oxygen atoms in total. The van der Waals surface area contributed by atoms with Crippen molar-refractivity contribution in [1.29, 1.82) is 0 Å². The van der Waals surface area contributed by atoms with E-state index in [0.29, 0.717) is 17.9 Å². The topological polar surface area (TPSA) is 55.8 Å². The lowest BCUT2D eigenvalue weighted by molar-refractivity contribution is -0.167. The molecule has 0 N–H and O–H groups in total. The normalized spacial score (nSPS) is 24.1. The van der Waals surface area contributed by atoms with Gasteiger partial charge < -0.3 is 14.4 Å². The van der Waals surface area contributed by atoms with Crippen molar-refractivity contribution in [1.82, 2.24) is 4.90 Å².